The largest absolute Gasteiger partial charge is 0.370 e. The van der Waals surface area contributed by atoms with E-state index in [1.54, 1.807) is 6.07 Å². The highest BCUT2D eigenvalue weighted by molar-refractivity contribution is 6.36. The number of aromatic nitrogens is 2. The average molecular weight is 377 g/mol. The molecule has 6 heteroatoms. The Hall–Kier alpha value is -1.91. The molecule has 0 aliphatic heterocycles. The number of para-hydroxylation sites is 1. The minimum Gasteiger partial charge on any atom is -0.370 e. The Bertz CT molecular complexity index is 890. The summed E-state index contributed by atoms with van der Waals surface area (Å²) in [6.45, 7) is 8.20. The van der Waals surface area contributed by atoms with Crippen LogP contribution in [0.15, 0.2) is 30.3 Å². The topological polar surface area (TPSA) is 33.1 Å². The number of hydrogen-bond donors (Lipinski definition) is 1. The molecule has 0 aliphatic rings. The summed E-state index contributed by atoms with van der Waals surface area (Å²) >= 11 is 12.4. The summed E-state index contributed by atoms with van der Waals surface area (Å²) in [4.78, 5) is 7.09. The van der Waals surface area contributed by atoms with Crippen LogP contribution < -0.4 is 10.2 Å². The zero-order chi connectivity index (χ0) is 18.1. The SMILES string of the molecule is CCN(CC)c1cccc2nc(Nc3c(C)cc(Cl)cc3Cl)n(C)c12. The van der Waals surface area contributed by atoms with Crippen molar-refractivity contribution in [3.8, 4) is 0 Å². The van der Waals surface area contributed by atoms with Crippen molar-refractivity contribution in [2.24, 2.45) is 7.05 Å². The highest BCUT2D eigenvalue weighted by atomic mass is 35.5. The number of rotatable bonds is 5. The van der Waals surface area contributed by atoms with E-state index in [1.165, 1.54) is 5.69 Å². The summed E-state index contributed by atoms with van der Waals surface area (Å²) < 4.78 is 2.08. The van der Waals surface area contributed by atoms with Crippen LogP contribution in [0.5, 0.6) is 0 Å². The molecule has 0 amide bonds. The number of halogens is 2. The Morgan fingerprint density at radius 3 is 2.52 bits per heavy atom. The quantitative estimate of drug-likeness (QED) is 0.612. The first-order chi connectivity index (χ1) is 12.0. The molecular weight excluding hydrogens is 355 g/mol. The first-order valence-electron chi connectivity index (χ1n) is 8.39. The molecule has 0 atom stereocenters. The average Bonchev–Trinajstić information content (AvgIpc) is 2.89. The molecule has 0 saturated carbocycles. The highest BCUT2D eigenvalue weighted by Crippen LogP contribution is 2.34. The van der Waals surface area contributed by atoms with Gasteiger partial charge in [0.1, 0.15) is 0 Å². The summed E-state index contributed by atoms with van der Waals surface area (Å²) in [6, 6.07) is 9.85. The molecule has 0 radical (unpaired) electrons. The van der Waals surface area contributed by atoms with Gasteiger partial charge >= 0.3 is 0 Å². The van der Waals surface area contributed by atoms with Gasteiger partial charge in [-0.3, -0.25) is 0 Å². The van der Waals surface area contributed by atoms with Crippen LogP contribution in [0.4, 0.5) is 17.3 Å². The van der Waals surface area contributed by atoms with Crippen LogP contribution >= 0.6 is 23.2 Å². The molecule has 3 rings (SSSR count). The molecule has 132 valence electrons. The molecule has 25 heavy (non-hydrogen) atoms. The third-order valence-corrected chi connectivity index (χ3v) is 4.98. The van der Waals surface area contributed by atoms with Crippen molar-refractivity contribution < 1.29 is 0 Å². The lowest BCUT2D eigenvalue weighted by Crippen LogP contribution is -2.22. The minimum absolute atomic E-state index is 0.584. The van der Waals surface area contributed by atoms with E-state index in [4.69, 9.17) is 28.2 Å². The fourth-order valence-corrected chi connectivity index (χ4v) is 3.79. The first-order valence-corrected chi connectivity index (χ1v) is 9.14. The lowest BCUT2D eigenvalue weighted by atomic mass is 10.2. The van der Waals surface area contributed by atoms with Crippen LogP contribution in [-0.4, -0.2) is 22.6 Å². The van der Waals surface area contributed by atoms with Gasteiger partial charge in [0.2, 0.25) is 5.95 Å². The number of nitrogens with zero attached hydrogens (tertiary/aromatic N) is 3. The van der Waals surface area contributed by atoms with Crippen molar-refractivity contribution >= 4 is 51.6 Å². The van der Waals surface area contributed by atoms with E-state index in [1.807, 2.05) is 32.2 Å². The van der Waals surface area contributed by atoms with Gasteiger partial charge in [-0.05, 0) is 50.6 Å². The maximum absolute atomic E-state index is 6.37. The van der Waals surface area contributed by atoms with Gasteiger partial charge in [0, 0.05) is 25.2 Å². The number of hydrogen-bond acceptors (Lipinski definition) is 3. The predicted molar refractivity (Wildman–Crippen MR) is 109 cm³/mol. The van der Waals surface area contributed by atoms with Crippen molar-refractivity contribution in [3.63, 3.8) is 0 Å². The maximum atomic E-state index is 6.37. The third kappa shape index (κ3) is 3.29. The van der Waals surface area contributed by atoms with E-state index in [9.17, 15) is 0 Å². The second-order valence-corrected chi connectivity index (χ2v) is 6.86. The molecule has 2 aromatic carbocycles. The molecule has 0 fully saturated rings. The van der Waals surface area contributed by atoms with Gasteiger partial charge in [-0.2, -0.15) is 0 Å². The number of anilines is 3. The Labute approximate surface area is 158 Å². The third-order valence-electron chi connectivity index (χ3n) is 4.47. The predicted octanol–water partition coefficient (Wildman–Crippen LogP) is 5.78. The van der Waals surface area contributed by atoms with E-state index in [0.29, 0.717) is 10.0 Å². The van der Waals surface area contributed by atoms with E-state index < -0.39 is 0 Å². The lowest BCUT2D eigenvalue weighted by Gasteiger charge is -2.22. The van der Waals surface area contributed by atoms with Crippen LogP contribution in [0.1, 0.15) is 19.4 Å². The van der Waals surface area contributed by atoms with Crippen molar-refractivity contribution in [2.75, 3.05) is 23.3 Å². The highest BCUT2D eigenvalue weighted by Gasteiger charge is 2.16. The van der Waals surface area contributed by atoms with Gasteiger partial charge in [0.05, 0.1) is 27.4 Å². The number of aryl methyl sites for hydroxylation is 2. The first kappa shape index (κ1) is 17.9. The second-order valence-electron chi connectivity index (χ2n) is 6.02. The number of imidazole rings is 1. The van der Waals surface area contributed by atoms with Crippen LogP contribution in [-0.2, 0) is 7.05 Å². The minimum atomic E-state index is 0.584. The van der Waals surface area contributed by atoms with E-state index in [0.717, 1.165) is 41.3 Å². The van der Waals surface area contributed by atoms with E-state index in [2.05, 4.69) is 34.7 Å². The van der Waals surface area contributed by atoms with Crippen LogP contribution in [0.25, 0.3) is 11.0 Å². The fourth-order valence-electron chi connectivity index (χ4n) is 3.15. The van der Waals surface area contributed by atoms with Gasteiger partial charge in [-0.25, -0.2) is 4.98 Å². The second kappa shape index (κ2) is 7.14. The van der Waals surface area contributed by atoms with Crippen molar-refractivity contribution in [3.05, 3.63) is 45.9 Å². The monoisotopic (exact) mass is 376 g/mol. The Kier molecular flexibility index (Phi) is 5.11. The number of benzene rings is 2. The van der Waals surface area contributed by atoms with Gasteiger partial charge in [-0.15, -0.1) is 0 Å². The number of nitrogens with one attached hydrogen (secondary N) is 1. The van der Waals surface area contributed by atoms with Gasteiger partial charge < -0.3 is 14.8 Å². The molecule has 1 aromatic heterocycles. The summed E-state index contributed by atoms with van der Waals surface area (Å²) in [5.41, 5.74) is 5.06. The summed E-state index contributed by atoms with van der Waals surface area (Å²) in [7, 11) is 2.02. The van der Waals surface area contributed by atoms with Crippen LogP contribution in [0.3, 0.4) is 0 Å². The fraction of sp³-hybridized carbons (Fsp3) is 0.316. The van der Waals surface area contributed by atoms with Crippen molar-refractivity contribution in [1.29, 1.82) is 0 Å². The van der Waals surface area contributed by atoms with E-state index in [-0.39, 0.29) is 0 Å². The molecule has 4 nitrogen and oxygen atoms in total. The van der Waals surface area contributed by atoms with Crippen LogP contribution in [0.2, 0.25) is 10.0 Å². The molecule has 1 heterocycles. The zero-order valence-corrected chi connectivity index (χ0v) is 16.4. The molecule has 1 N–H and O–H groups in total. The van der Waals surface area contributed by atoms with Gasteiger partial charge in [0.25, 0.3) is 0 Å². The Balaban J connectivity index is 2.10. The molecule has 0 bridgehead atoms. The number of fused-ring (bicyclic) bond motifs is 1. The zero-order valence-electron chi connectivity index (χ0n) is 14.9. The van der Waals surface area contributed by atoms with Crippen molar-refractivity contribution in [2.45, 2.75) is 20.8 Å². The summed E-state index contributed by atoms with van der Waals surface area (Å²) in [5, 5.41) is 4.58. The molecular formula is C19H22Cl2N4. The maximum Gasteiger partial charge on any atom is 0.208 e. The molecule has 3 aromatic rings. The van der Waals surface area contributed by atoms with Crippen LogP contribution in [0, 0.1) is 6.92 Å². The van der Waals surface area contributed by atoms with Gasteiger partial charge in [-0.1, -0.05) is 29.3 Å². The Morgan fingerprint density at radius 1 is 1.16 bits per heavy atom. The smallest absolute Gasteiger partial charge is 0.208 e. The Morgan fingerprint density at radius 2 is 1.88 bits per heavy atom. The summed E-state index contributed by atoms with van der Waals surface area (Å²) in [5.74, 6) is 0.752. The van der Waals surface area contributed by atoms with Gasteiger partial charge in [0.15, 0.2) is 0 Å². The lowest BCUT2D eigenvalue weighted by molar-refractivity contribution is 0.862. The van der Waals surface area contributed by atoms with E-state index >= 15 is 0 Å². The molecule has 0 spiro atoms. The van der Waals surface area contributed by atoms with Crippen molar-refractivity contribution in [1.82, 2.24) is 9.55 Å². The standard InChI is InChI=1S/C19H22Cl2N4/c1-5-25(6-2)16-9-7-8-15-18(16)24(4)19(22-15)23-17-12(3)10-13(20)11-14(17)21/h7-11H,5-6H2,1-4H3,(H,22,23). The molecule has 0 unspecified atom stereocenters. The normalized spacial score (nSPS) is 11.1. The molecule has 0 saturated heterocycles. The summed E-state index contributed by atoms with van der Waals surface area (Å²) in [6.07, 6.45) is 0. The molecule has 0 aliphatic carbocycles.